The minimum atomic E-state index is 0.326. The number of nitrogens with zero attached hydrogens (tertiary/aromatic N) is 3. The van der Waals surface area contributed by atoms with Crippen molar-refractivity contribution in [2.75, 3.05) is 26.7 Å². The van der Waals surface area contributed by atoms with Crippen LogP contribution >= 0.6 is 0 Å². The van der Waals surface area contributed by atoms with Gasteiger partial charge in [0.2, 0.25) is 0 Å². The van der Waals surface area contributed by atoms with Crippen molar-refractivity contribution < 1.29 is 5.21 Å². The molecule has 5 heteroatoms. The van der Waals surface area contributed by atoms with Gasteiger partial charge >= 0.3 is 0 Å². The summed E-state index contributed by atoms with van der Waals surface area (Å²) in [6.07, 6.45) is 4.26. The predicted molar refractivity (Wildman–Crippen MR) is 75.0 cm³/mol. The third-order valence-electron chi connectivity index (χ3n) is 4.07. The number of amidine groups is 1. The zero-order valence-electron chi connectivity index (χ0n) is 12.0. The summed E-state index contributed by atoms with van der Waals surface area (Å²) in [6, 6.07) is 1.03. The topological polar surface area (TPSA) is 65.1 Å². The van der Waals surface area contributed by atoms with Crippen molar-refractivity contribution in [3.8, 4) is 0 Å². The normalized spacial score (nSPS) is 23.8. The summed E-state index contributed by atoms with van der Waals surface area (Å²) in [4.78, 5) is 4.91. The highest BCUT2D eigenvalue weighted by atomic mass is 16.4. The van der Waals surface area contributed by atoms with Gasteiger partial charge in [-0.05, 0) is 39.4 Å². The van der Waals surface area contributed by atoms with Crippen LogP contribution in [0.25, 0.3) is 0 Å². The fourth-order valence-electron chi connectivity index (χ4n) is 2.89. The van der Waals surface area contributed by atoms with Gasteiger partial charge in [-0.25, -0.2) is 0 Å². The van der Waals surface area contributed by atoms with Crippen molar-refractivity contribution >= 4 is 5.84 Å². The fraction of sp³-hybridized carbons (Fsp3) is 0.923. The molecule has 1 aliphatic heterocycles. The molecule has 106 valence electrons. The number of likely N-dealkylation sites (tertiary alicyclic amines) is 1. The first-order valence-electron chi connectivity index (χ1n) is 7.03. The molecule has 0 bridgehead atoms. The maximum Gasteiger partial charge on any atom is 0.140 e. The molecule has 2 unspecified atom stereocenters. The Hall–Kier alpha value is -0.810. The van der Waals surface area contributed by atoms with Gasteiger partial charge in [0.25, 0.3) is 0 Å². The van der Waals surface area contributed by atoms with Crippen LogP contribution in [-0.4, -0.2) is 59.6 Å². The Morgan fingerprint density at radius 3 is 2.83 bits per heavy atom. The summed E-state index contributed by atoms with van der Waals surface area (Å²) in [5.74, 6) is 0.326. The molecule has 0 aromatic rings. The number of hydrogen-bond acceptors (Lipinski definition) is 4. The largest absolute Gasteiger partial charge is 0.409 e. The van der Waals surface area contributed by atoms with E-state index < -0.39 is 0 Å². The molecule has 1 saturated heterocycles. The highest BCUT2D eigenvalue weighted by molar-refractivity contribution is 5.80. The third-order valence-corrected chi connectivity index (χ3v) is 4.07. The van der Waals surface area contributed by atoms with Gasteiger partial charge in [-0.3, -0.25) is 4.90 Å². The Bertz CT molecular complexity index is 270. The van der Waals surface area contributed by atoms with Crippen molar-refractivity contribution in [1.29, 1.82) is 0 Å². The van der Waals surface area contributed by atoms with Gasteiger partial charge in [-0.2, -0.15) is 0 Å². The van der Waals surface area contributed by atoms with E-state index in [0.717, 1.165) is 19.5 Å². The summed E-state index contributed by atoms with van der Waals surface area (Å²) in [5.41, 5.74) is 5.61. The monoisotopic (exact) mass is 256 g/mol. The van der Waals surface area contributed by atoms with Crippen LogP contribution in [0.5, 0.6) is 0 Å². The minimum absolute atomic E-state index is 0.326. The molecule has 1 heterocycles. The van der Waals surface area contributed by atoms with Gasteiger partial charge in [0.1, 0.15) is 5.84 Å². The average molecular weight is 256 g/mol. The molecule has 3 N–H and O–H groups in total. The van der Waals surface area contributed by atoms with Crippen molar-refractivity contribution in [1.82, 2.24) is 9.80 Å². The van der Waals surface area contributed by atoms with Gasteiger partial charge in [0.05, 0.1) is 0 Å². The lowest BCUT2D eigenvalue weighted by Crippen LogP contribution is -2.44. The lowest BCUT2D eigenvalue weighted by Gasteiger charge is -2.32. The van der Waals surface area contributed by atoms with Crippen LogP contribution in [0.3, 0.4) is 0 Å². The molecule has 5 nitrogen and oxygen atoms in total. The summed E-state index contributed by atoms with van der Waals surface area (Å²) in [5, 5.41) is 11.7. The first-order chi connectivity index (χ1) is 8.62. The fourth-order valence-corrected chi connectivity index (χ4v) is 2.89. The Morgan fingerprint density at radius 1 is 1.56 bits per heavy atom. The van der Waals surface area contributed by atoms with Crippen molar-refractivity contribution in [3.63, 3.8) is 0 Å². The highest BCUT2D eigenvalue weighted by Crippen LogP contribution is 2.19. The summed E-state index contributed by atoms with van der Waals surface area (Å²) in [6.45, 7) is 7.82. The van der Waals surface area contributed by atoms with E-state index in [0.29, 0.717) is 24.3 Å². The first-order valence-corrected chi connectivity index (χ1v) is 7.03. The lowest BCUT2D eigenvalue weighted by molar-refractivity contribution is 0.162. The quantitative estimate of drug-likeness (QED) is 0.312. The Kier molecular flexibility index (Phi) is 6.43. The van der Waals surface area contributed by atoms with Crippen molar-refractivity contribution in [2.24, 2.45) is 10.9 Å². The summed E-state index contributed by atoms with van der Waals surface area (Å²) < 4.78 is 0. The van der Waals surface area contributed by atoms with E-state index in [4.69, 9.17) is 10.9 Å². The molecule has 0 spiro atoms. The summed E-state index contributed by atoms with van der Waals surface area (Å²) in [7, 11) is 2.14. The zero-order valence-corrected chi connectivity index (χ0v) is 12.0. The number of likely N-dealkylation sites (N-methyl/N-ethyl adjacent to an activating group) is 2. The molecular weight excluding hydrogens is 228 g/mol. The standard InChI is InChI=1S/C13H28N4O/c1-4-11(9-13(14)15-18)16(3)10-12-7-6-8-17(12)5-2/h11-12,18H,4-10H2,1-3H3,(H2,14,15). The molecule has 0 saturated carbocycles. The van der Waals surface area contributed by atoms with Gasteiger partial charge in [-0.1, -0.05) is 19.0 Å². The molecule has 0 aromatic heterocycles. The first kappa shape index (κ1) is 15.2. The Morgan fingerprint density at radius 2 is 2.28 bits per heavy atom. The van der Waals surface area contributed by atoms with Crippen LogP contribution < -0.4 is 5.73 Å². The smallest absolute Gasteiger partial charge is 0.140 e. The van der Waals surface area contributed by atoms with Gasteiger partial charge in [0.15, 0.2) is 0 Å². The van der Waals surface area contributed by atoms with E-state index in [-0.39, 0.29) is 0 Å². The molecular formula is C13H28N4O. The second-order valence-electron chi connectivity index (χ2n) is 5.22. The Labute approximate surface area is 111 Å². The summed E-state index contributed by atoms with van der Waals surface area (Å²) >= 11 is 0. The predicted octanol–water partition coefficient (Wildman–Crippen LogP) is 1.32. The average Bonchev–Trinajstić information content (AvgIpc) is 2.82. The van der Waals surface area contributed by atoms with Crippen LogP contribution in [0.2, 0.25) is 0 Å². The Balaban J connectivity index is 2.48. The minimum Gasteiger partial charge on any atom is -0.409 e. The highest BCUT2D eigenvalue weighted by Gasteiger charge is 2.26. The number of hydrogen-bond donors (Lipinski definition) is 2. The maximum absolute atomic E-state index is 8.66. The van der Waals surface area contributed by atoms with Crippen LogP contribution in [0.15, 0.2) is 5.16 Å². The van der Waals surface area contributed by atoms with Gasteiger partial charge in [-0.15, -0.1) is 0 Å². The van der Waals surface area contributed by atoms with Crippen LogP contribution in [0.4, 0.5) is 0 Å². The van der Waals surface area contributed by atoms with Crippen molar-refractivity contribution in [3.05, 3.63) is 0 Å². The van der Waals surface area contributed by atoms with E-state index in [9.17, 15) is 0 Å². The molecule has 0 aliphatic carbocycles. The maximum atomic E-state index is 8.66. The van der Waals surface area contributed by atoms with Crippen LogP contribution in [0, 0.1) is 0 Å². The van der Waals surface area contributed by atoms with Crippen LogP contribution in [0.1, 0.15) is 39.5 Å². The molecule has 2 atom stereocenters. The lowest BCUT2D eigenvalue weighted by atomic mass is 10.1. The number of oxime groups is 1. The number of nitrogens with two attached hydrogens (primary N) is 1. The molecule has 0 radical (unpaired) electrons. The van der Waals surface area contributed by atoms with Crippen LogP contribution in [-0.2, 0) is 0 Å². The van der Waals surface area contributed by atoms with E-state index in [1.165, 1.54) is 19.4 Å². The zero-order chi connectivity index (χ0) is 13.5. The molecule has 1 fully saturated rings. The second kappa shape index (κ2) is 7.59. The van der Waals surface area contributed by atoms with Crippen molar-refractivity contribution in [2.45, 2.75) is 51.6 Å². The van der Waals surface area contributed by atoms with Gasteiger partial charge < -0.3 is 15.8 Å². The molecule has 1 rings (SSSR count). The SMILES string of the molecule is CCC(CC(N)=NO)N(C)CC1CCCN1CC. The van der Waals surface area contributed by atoms with E-state index in [2.05, 4.69) is 35.9 Å². The van der Waals surface area contributed by atoms with Gasteiger partial charge in [0, 0.05) is 25.0 Å². The molecule has 18 heavy (non-hydrogen) atoms. The van der Waals surface area contributed by atoms with E-state index >= 15 is 0 Å². The molecule has 1 aliphatic rings. The molecule has 0 amide bonds. The van der Waals surface area contributed by atoms with E-state index in [1.807, 2.05) is 0 Å². The second-order valence-corrected chi connectivity index (χ2v) is 5.22. The van der Waals surface area contributed by atoms with E-state index in [1.54, 1.807) is 0 Å². The number of rotatable bonds is 7. The third kappa shape index (κ3) is 4.14. The molecule has 0 aromatic carbocycles.